The number of nitrogens with zero attached hydrogens (tertiary/aromatic N) is 1. The number of piperidine rings is 1. The molecule has 98 valence electrons. The molecule has 0 radical (unpaired) electrons. The predicted octanol–water partition coefficient (Wildman–Crippen LogP) is 1.77. The maximum Gasteiger partial charge on any atom is 0.0621 e. The van der Waals surface area contributed by atoms with Crippen LogP contribution >= 0.6 is 0 Å². The maximum absolute atomic E-state index is 5.66. The molecule has 0 amide bonds. The van der Waals surface area contributed by atoms with Gasteiger partial charge in [-0.25, -0.2) is 0 Å². The summed E-state index contributed by atoms with van der Waals surface area (Å²) in [6, 6.07) is 2.33. The molecule has 0 aromatic heterocycles. The minimum atomic E-state index is 0.704. The van der Waals surface area contributed by atoms with Gasteiger partial charge in [-0.2, -0.15) is 0 Å². The van der Waals surface area contributed by atoms with Crippen molar-refractivity contribution in [2.24, 2.45) is 0 Å². The van der Waals surface area contributed by atoms with Gasteiger partial charge >= 0.3 is 0 Å². The van der Waals surface area contributed by atoms with Gasteiger partial charge in [0.05, 0.1) is 6.61 Å². The van der Waals surface area contributed by atoms with E-state index in [4.69, 9.17) is 4.74 Å². The van der Waals surface area contributed by atoms with E-state index in [0.717, 1.165) is 25.3 Å². The highest BCUT2D eigenvalue weighted by atomic mass is 16.5. The first-order chi connectivity index (χ1) is 8.43. The zero-order chi connectivity index (χ0) is 11.5. The Bertz CT molecular complexity index is 236. The largest absolute Gasteiger partial charge is 0.380 e. The van der Waals surface area contributed by atoms with Crippen LogP contribution in [0.2, 0.25) is 0 Å². The van der Waals surface area contributed by atoms with Crippen LogP contribution < -0.4 is 5.32 Å². The van der Waals surface area contributed by atoms with E-state index in [9.17, 15) is 0 Å². The number of nitrogens with one attached hydrogen (secondary N) is 1. The zero-order valence-electron chi connectivity index (χ0n) is 10.9. The highest BCUT2D eigenvalue weighted by Crippen LogP contribution is 2.25. The van der Waals surface area contributed by atoms with Crippen LogP contribution in [0.15, 0.2) is 0 Å². The lowest BCUT2D eigenvalue weighted by atomic mass is 9.97. The summed E-state index contributed by atoms with van der Waals surface area (Å²) in [5, 5.41) is 3.71. The molecule has 1 aliphatic carbocycles. The molecule has 1 N–H and O–H groups in total. The predicted molar refractivity (Wildman–Crippen MR) is 69.2 cm³/mol. The zero-order valence-corrected chi connectivity index (χ0v) is 10.9. The summed E-state index contributed by atoms with van der Waals surface area (Å²) >= 11 is 0. The van der Waals surface area contributed by atoms with Crippen LogP contribution in [0.3, 0.4) is 0 Å². The van der Waals surface area contributed by atoms with E-state index in [1.54, 1.807) is 0 Å². The minimum Gasteiger partial charge on any atom is -0.380 e. The van der Waals surface area contributed by atoms with Crippen LogP contribution in [0.25, 0.3) is 0 Å². The van der Waals surface area contributed by atoms with Gasteiger partial charge in [0.2, 0.25) is 0 Å². The third kappa shape index (κ3) is 3.21. The first kappa shape index (κ1) is 11.9. The standard InChI is InChI=1S/C14H26N2O/c1-2-8-16(14-5-3-9-17-11-14)13(4-1)10-15-12-6-7-12/h12-15H,1-11H2. The number of rotatable bonds is 4. The fourth-order valence-electron chi connectivity index (χ4n) is 3.30. The Hall–Kier alpha value is -0.120. The lowest BCUT2D eigenvalue weighted by Crippen LogP contribution is -2.53. The van der Waals surface area contributed by atoms with Crippen LogP contribution in [0.1, 0.15) is 44.9 Å². The van der Waals surface area contributed by atoms with Gasteiger partial charge in [-0.15, -0.1) is 0 Å². The molecule has 2 unspecified atom stereocenters. The molecule has 2 atom stereocenters. The normalized spacial score (nSPS) is 36.0. The number of hydrogen-bond donors (Lipinski definition) is 1. The van der Waals surface area contributed by atoms with Gasteiger partial charge in [-0.1, -0.05) is 6.42 Å². The second-order valence-corrected chi connectivity index (χ2v) is 5.94. The van der Waals surface area contributed by atoms with Crippen molar-refractivity contribution < 1.29 is 4.74 Å². The number of hydrogen-bond acceptors (Lipinski definition) is 3. The van der Waals surface area contributed by atoms with Crippen molar-refractivity contribution in [3.05, 3.63) is 0 Å². The Morgan fingerprint density at radius 3 is 2.76 bits per heavy atom. The Balaban J connectivity index is 1.53. The first-order valence-electron chi connectivity index (χ1n) is 7.50. The monoisotopic (exact) mass is 238 g/mol. The molecular formula is C14H26N2O. The van der Waals surface area contributed by atoms with Crippen molar-refractivity contribution in [1.82, 2.24) is 10.2 Å². The average molecular weight is 238 g/mol. The van der Waals surface area contributed by atoms with Crippen LogP contribution in [-0.2, 0) is 4.74 Å². The summed E-state index contributed by atoms with van der Waals surface area (Å²) in [6.45, 7) is 4.46. The van der Waals surface area contributed by atoms with E-state index in [2.05, 4.69) is 10.2 Å². The Morgan fingerprint density at radius 1 is 1.06 bits per heavy atom. The fraction of sp³-hybridized carbons (Fsp3) is 1.00. The highest BCUT2D eigenvalue weighted by molar-refractivity contribution is 4.88. The molecule has 0 spiro atoms. The molecule has 3 aliphatic rings. The molecule has 0 aromatic carbocycles. The molecular weight excluding hydrogens is 212 g/mol. The highest BCUT2D eigenvalue weighted by Gasteiger charge is 2.31. The van der Waals surface area contributed by atoms with E-state index in [-0.39, 0.29) is 0 Å². The van der Waals surface area contributed by atoms with E-state index >= 15 is 0 Å². The third-order valence-corrected chi connectivity index (χ3v) is 4.50. The van der Waals surface area contributed by atoms with Crippen molar-refractivity contribution in [3.8, 4) is 0 Å². The summed E-state index contributed by atoms with van der Waals surface area (Å²) in [5.41, 5.74) is 0. The SMILES string of the molecule is C1CCN(C2CCCOC2)C(CNC2CC2)C1. The van der Waals surface area contributed by atoms with Gasteiger partial charge in [-0.3, -0.25) is 4.90 Å². The van der Waals surface area contributed by atoms with Crippen molar-refractivity contribution in [2.45, 2.75) is 63.1 Å². The Labute approximate surface area is 105 Å². The maximum atomic E-state index is 5.66. The van der Waals surface area contributed by atoms with Crippen molar-refractivity contribution in [3.63, 3.8) is 0 Å². The molecule has 3 fully saturated rings. The molecule has 3 heteroatoms. The Morgan fingerprint density at radius 2 is 2.00 bits per heavy atom. The third-order valence-electron chi connectivity index (χ3n) is 4.50. The summed E-state index contributed by atoms with van der Waals surface area (Å²) < 4.78 is 5.66. The number of ether oxygens (including phenoxy) is 1. The Kier molecular flexibility index (Phi) is 3.99. The van der Waals surface area contributed by atoms with Gasteiger partial charge in [0.15, 0.2) is 0 Å². The van der Waals surface area contributed by atoms with E-state index in [0.29, 0.717) is 6.04 Å². The molecule has 2 heterocycles. The van der Waals surface area contributed by atoms with Gasteiger partial charge in [0, 0.05) is 31.3 Å². The summed E-state index contributed by atoms with van der Waals surface area (Å²) in [5.74, 6) is 0. The molecule has 1 saturated carbocycles. The molecule has 0 aromatic rings. The first-order valence-corrected chi connectivity index (χ1v) is 7.50. The van der Waals surface area contributed by atoms with Crippen LogP contribution in [-0.4, -0.2) is 49.3 Å². The summed E-state index contributed by atoms with van der Waals surface area (Å²) in [4.78, 5) is 2.75. The molecule has 3 rings (SSSR count). The summed E-state index contributed by atoms with van der Waals surface area (Å²) in [6.07, 6.45) is 9.59. The molecule has 0 bridgehead atoms. The quantitative estimate of drug-likeness (QED) is 0.808. The molecule has 17 heavy (non-hydrogen) atoms. The van der Waals surface area contributed by atoms with E-state index in [1.165, 1.54) is 58.0 Å². The van der Waals surface area contributed by atoms with Gasteiger partial charge in [0.1, 0.15) is 0 Å². The van der Waals surface area contributed by atoms with Crippen molar-refractivity contribution >= 4 is 0 Å². The topological polar surface area (TPSA) is 24.5 Å². The second kappa shape index (κ2) is 5.68. The average Bonchev–Trinajstić information content (AvgIpc) is 3.22. The minimum absolute atomic E-state index is 0.704. The van der Waals surface area contributed by atoms with Crippen molar-refractivity contribution in [1.29, 1.82) is 0 Å². The van der Waals surface area contributed by atoms with Gasteiger partial charge < -0.3 is 10.1 Å². The molecule has 2 aliphatic heterocycles. The lowest BCUT2D eigenvalue weighted by molar-refractivity contribution is -0.0112. The van der Waals surface area contributed by atoms with Gasteiger partial charge in [0.25, 0.3) is 0 Å². The van der Waals surface area contributed by atoms with E-state index < -0.39 is 0 Å². The van der Waals surface area contributed by atoms with Crippen LogP contribution in [0.5, 0.6) is 0 Å². The molecule has 3 nitrogen and oxygen atoms in total. The second-order valence-electron chi connectivity index (χ2n) is 5.94. The lowest BCUT2D eigenvalue weighted by Gasteiger charge is -2.42. The van der Waals surface area contributed by atoms with Crippen molar-refractivity contribution in [2.75, 3.05) is 26.3 Å². The van der Waals surface area contributed by atoms with Crippen LogP contribution in [0, 0.1) is 0 Å². The summed E-state index contributed by atoms with van der Waals surface area (Å²) in [7, 11) is 0. The molecule has 2 saturated heterocycles. The smallest absolute Gasteiger partial charge is 0.0621 e. The number of likely N-dealkylation sites (tertiary alicyclic amines) is 1. The van der Waals surface area contributed by atoms with E-state index in [1.807, 2.05) is 0 Å². The van der Waals surface area contributed by atoms with Crippen LogP contribution in [0.4, 0.5) is 0 Å². The van der Waals surface area contributed by atoms with Gasteiger partial charge in [-0.05, 0) is 45.1 Å². The fourth-order valence-corrected chi connectivity index (χ4v) is 3.30.